The predicted molar refractivity (Wildman–Crippen MR) is 81.8 cm³/mol. The van der Waals surface area contributed by atoms with E-state index in [0.717, 1.165) is 6.42 Å². The summed E-state index contributed by atoms with van der Waals surface area (Å²) in [6.45, 7) is 14.8. The topological polar surface area (TPSA) is 55.1 Å². The van der Waals surface area contributed by atoms with Crippen molar-refractivity contribution in [2.45, 2.75) is 77.0 Å². The second kappa shape index (κ2) is 7.39. The lowest BCUT2D eigenvalue weighted by atomic mass is 9.94. The van der Waals surface area contributed by atoms with Crippen LogP contribution in [0.5, 0.6) is 0 Å². The summed E-state index contributed by atoms with van der Waals surface area (Å²) in [6.07, 6.45) is 0.766. The monoisotopic (exact) mass is 274 g/mol. The Labute approximate surface area is 117 Å². The molecule has 0 radical (unpaired) electrons. The fourth-order valence-electron chi connectivity index (χ4n) is 2.01. The molecule has 0 aromatic rings. The van der Waals surface area contributed by atoms with Crippen molar-refractivity contribution in [1.82, 2.24) is 5.32 Å². The predicted octanol–water partition coefficient (Wildman–Crippen LogP) is 2.78. The number of carbonyl (C=O) groups is 1. The van der Waals surface area contributed by atoms with Crippen LogP contribution in [0.3, 0.4) is 0 Å². The van der Waals surface area contributed by atoms with Gasteiger partial charge in [0.25, 0.3) is 0 Å². The fourth-order valence-corrected chi connectivity index (χ4v) is 3.49. The summed E-state index contributed by atoms with van der Waals surface area (Å²) in [5, 5.41) is 4.30. The summed E-state index contributed by atoms with van der Waals surface area (Å²) in [5.74, 6) is 0.385. The SMILES string of the molecule is CC(C)NC(C)(CC(C)SC(C)C(C)C)C(N)=O. The third-order valence-corrected chi connectivity index (χ3v) is 4.84. The van der Waals surface area contributed by atoms with Crippen molar-refractivity contribution in [3.8, 4) is 0 Å². The van der Waals surface area contributed by atoms with E-state index in [1.807, 2.05) is 32.5 Å². The van der Waals surface area contributed by atoms with Crippen LogP contribution in [0.4, 0.5) is 0 Å². The van der Waals surface area contributed by atoms with E-state index in [1.165, 1.54) is 0 Å². The Balaban J connectivity index is 4.55. The van der Waals surface area contributed by atoms with Gasteiger partial charge in [0.05, 0.1) is 5.54 Å². The first-order chi connectivity index (χ1) is 8.08. The molecule has 4 heteroatoms. The number of carbonyl (C=O) groups excluding carboxylic acids is 1. The standard InChI is InChI=1S/C14H30N2OS/c1-9(2)12(6)18-11(5)8-14(7,13(15)17)16-10(3)4/h9-12,16H,8H2,1-7H3,(H2,15,17). The molecule has 0 saturated heterocycles. The summed E-state index contributed by atoms with van der Waals surface area (Å²) in [4.78, 5) is 11.7. The maximum absolute atomic E-state index is 11.7. The van der Waals surface area contributed by atoms with Crippen LogP contribution in [0.1, 0.15) is 54.9 Å². The van der Waals surface area contributed by atoms with Gasteiger partial charge in [0, 0.05) is 16.5 Å². The van der Waals surface area contributed by atoms with Gasteiger partial charge in [-0.15, -0.1) is 0 Å². The second-order valence-corrected chi connectivity index (χ2v) is 7.92. The highest BCUT2D eigenvalue weighted by molar-refractivity contribution is 8.00. The maximum atomic E-state index is 11.7. The largest absolute Gasteiger partial charge is 0.368 e. The van der Waals surface area contributed by atoms with Crippen LogP contribution in [0, 0.1) is 5.92 Å². The number of thioether (sulfide) groups is 1. The van der Waals surface area contributed by atoms with Crippen molar-refractivity contribution >= 4 is 17.7 Å². The molecule has 0 heterocycles. The third kappa shape index (κ3) is 6.10. The number of hydrogen-bond donors (Lipinski definition) is 2. The molecule has 0 saturated carbocycles. The van der Waals surface area contributed by atoms with Crippen LogP contribution in [-0.4, -0.2) is 28.0 Å². The number of amides is 1. The van der Waals surface area contributed by atoms with Crippen LogP contribution in [0.25, 0.3) is 0 Å². The maximum Gasteiger partial charge on any atom is 0.237 e. The molecule has 0 aliphatic heterocycles. The van der Waals surface area contributed by atoms with Gasteiger partial charge in [-0.1, -0.05) is 27.7 Å². The van der Waals surface area contributed by atoms with Crippen molar-refractivity contribution in [3.63, 3.8) is 0 Å². The smallest absolute Gasteiger partial charge is 0.237 e. The van der Waals surface area contributed by atoms with Gasteiger partial charge in [-0.3, -0.25) is 4.79 Å². The number of rotatable bonds is 8. The zero-order valence-electron chi connectivity index (χ0n) is 12.9. The van der Waals surface area contributed by atoms with Gasteiger partial charge in [-0.05, 0) is 33.1 Å². The van der Waals surface area contributed by atoms with Gasteiger partial charge in [-0.25, -0.2) is 0 Å². The van der Waals surface area contributed by atoms with E-state index in [0.29, 0.717) is 16.4 Å². The molecule has 0 aliphatic carbocycles. The van der Waals surface area contributed by atoms with Gasteiger partial charge in [-0.2, -0.15) is 11.8 Å². The van der Waals surface area contributed by atoms with Gasteiger partial charge in [0.1, 0.15) is 0 Å². The first kappa shape index (κ1) is 17.8. The summed E-state index contributed by atoms with van der Waals surface area (Å²) in [7, 11) is 0. The summed E-state index contributed by atoms with van der Waals surface area (Å²) < 4.78 is 0. The van der Waals surface area contributed by atoms with Gasteiger partial charge in [0.2, 0.25) is 5.91 Å². The van der Waals surface area contributed by atoms with Crippen LogP contribution in [-0.2, 0) is 4.79 Å². The minimum absolute atomic E-state index is 0.252. The van der Waals surface area contributed by atoms with Gasteiger partial charge >= 0.3 is 0 Å². The van der Waals surface area contributed by atoms with Crippen molar-refractivity contribution in [2.75, 3.05) is 0 Å². The normalized spacial score (nSPS) is 18.7. The lowest BCUT2D eigenvalue weighted by Crippen LogP contribution is -2.56. The molecular formula is C14H30N2OS. The van der Waals surface area contributed by atoms with E-state index in [-0.39, 0.29) is 11.9 Å². The number of primary amides is 1. The van der Waals surface area contributed by atoms with Gasteiger partial charge < -0.3 is 11.1 Å². The lowest BCUT2D eigenvalue weighted by molar-refractivity contribution is -0.124. The first-order valence-corrected chi connectivity index (χ1v) is 7.75. The molecule has 3 atom stereocenters. The number of hydrogen-bond acceptors (Lipinski definition) is 3. The minimum atomic E-state index is -0.614. The zero-order chi connectivity index (χ0) is 14.5. The van der Waals surface area contributed by atoms with E-state index in [1.54, 1.807) is 0 Å². The summed E-state index contributed by atoms with van der Waals surface area (Å²) in [6, 6.07) is 0.252. The molecule has 0 aromatic heterocycles. The van der Waals surface area contributed by atoms with Gasteiger partial charge in [0.15, 0.2) is 0 Å². The molecular weight excluding hydrogens is 244 g/mol. The summed E-state index contributed by atoms with van der Waals surface area (Å²) >= 11 is 1.93. The van der Waals surface area contributed by atoms with Crippen molar-refractivity contribution in [3.05, 3.63) is 0 Å². The Bertz CT molecular complexity index is 269. The van der Waals surface area contributed by atoms with Crippen LogP contribution >= 0.6 is 11.8 Å². The molecule has 0 aromatic carbocycles. The van der Waals surface area contributed by atoms with Crippen LogP contribution in [0.2, 0.25) is 0 Å². The Hall–Kier alpha value is -0.220. The van der Waals surface area contributed by atoms with E-state index in [2.05, 4.69) is 33.0 Å². The third-order valence-electron chi connectivity index (χ3n) is 3.23. The molecule has 1 amide bonds. The first-order valence-electron chi connectivity index (χ1n) is 6.81. The highest BCUT2D eigenvalue weighted by Gasteiger charge is 2.33. The minimum Gasteiger partial charge on any atom is -0.368 e. The highest BCUT2D eigenvalue weighted by atomic mass is 32.2. The van der Waals surface area contributed by atoms with Crippen LogP contribution in [0.15, 0.2) is 0 Å². The van der Waals surface area contributed by atoms with Crippen molar-refractivity contribution in [1.29, 1.82) is 0 Å². The average Bonchev–Trinajstić information content (AvgIpc) is 2.14. The summed E-state index contributed by atoms with van der Waals surface area (Å²) in [5.41, 5.74) is 4.93. The molecule has 108 valence electrons. The average molecular weight is 274 g/mol. The van der Waals surface area contributed by atoms with Crippen molar-refractivity contribution < 1.29 is 4.79 Å². The molecule has 0 fully saturated rings. The molecule has 3 unspecified atom stereocenters. The lowest BCUT2D eigenvalue weighted by Gasteiger charge is -2.33. The van der Waals surface area contributed by atoms with E-state index < -0.39 is 5.54 Å². The molecule has 0 bridgehead atoms. The number of nitrogens with two attached hydrogens (primary N) is 1. The van der Waals surface area contributed by atoms with E-state index in [9.17, 15) is 4.79 Å². The van der Waals surface area contributed by atoms with E-state index >= 15 is 0 Å². The molecule has 3 nitrogen and oxygen atoms in total. The Kier molecular flexibility index (Phi) is 7.30. The molecule has 3 N–H and O–H groups in total. The quantitative estimate of drug-likeness (QED) is 0.715. The van der Waals surface area contributed by atoms with Crippen LogP contribution < -0.4 is 11.1 Å². The molecule has 0 spiro atoms. The Morgan fingerprint density at radius 1 is 1.22 bits per heavy atom. The fraction of sp³-hybridized carbons (Fsp3) is 0.929. The zero-order valence-corrected chi connectivity index (χ0v) is 13.7. The number of nitrogens with one attached hydrogen (secondary N) is 1. The Morgan fingerprint density at radius 2 is 1.72 bits per heavy atom. The molecule has 18 heavy (non-hydrogen) atoms. The van der Waals surface area contributed by atoms with E-state index in [4.69, 9.17) is 5.73 Å². The highest BCUT2D eigenvalue weighted by Crippen LogP contribution is 2.29. The Morgan fingerprint density at radius 3 is 2.06 bits per heavy atom. The molecule has 0 aliphatic rings. The van der Waals surface area contributed by atoms with Crippen molar-refractivity contribution in [2.24, 2.45) is 11.7 Å². The molecule has 0 rings (SSSR count). The second-order valence-electron chi connectivity index (χ2n) is 6.10.